The number of halogens is 2. The Morgan fingerprint density at radius 1 is 1.38 bits per heavy atom. The van der Waals surface area contributed by atoms with Crippen LogP contribution >= 0.6 is 24.0 Å². The summed E-state index contributed by atoms with van der Waals surface area (Å²) < 4.78 is 26.0. The van der Waals surface area contributed by atoms with Crippen molar-refractivity contribution in [3.8, 4) is 0 Å². The van der Waals surface area contributed by atoms with Crippen molar-refractivity contribution >= 4 is 39.9 Å². The molecule has 0 aliphatic carbocycles. The van der Waals surface area contributed by atoms with E-state index < -0.39 is 10.0 Å². The van der Waals surface area contributed by atoms with E-state index in [0.29, 0.717) is 18.1 Å². The van der Waals surface area contributed by atoms with Gasteiger partial charge in [0.2, 0.25) is 15.9 Å². The summed E-state index contributed by atoms with van der Waals surface area (Å²) in [6, 6.07) is 6.19. The average molecular weight is 396 g/mol. The summed E-state index contributed by atoms with van der Waals surface area (Å²) in [5.41, 5.74) is 0. The van der Waals surface area contributed by atoms with Crippen LogP contribution in [0.5, 0.6) is 0 Å². The molecule has 1 unspecified atom stereocenters. The number of carbonyl (C=O) groups is 1. The predicted octanol–water partition coefficient (Wildman–Crippen LogP) is 1.59. The Labute approximate surface area is 154 Å². The lowest BCUT2D eigenvalue weighted by atomic mass is 10.1. The Hall–Kier alpha value is -0.860. The largest absolute Gasteiger partial charge is 0.340 e. The zero-order valence-electron chi connectivity index (χ0n) is 13.7. The third-order valence-electron chi connectivity index (χ3n) is 4.06. The molecule has 1 atom stereocenters. The standard InChI is InChI=1S/C15H22ClN3O3S.ClH/c1-17-13-4-3-9-19(10-13)15(20)11-18(2)23(21,22)14-7-5-12(16)6-8-14;/h5-8,13,17H,3-4,9-11H2,1-2H3;1H. The first-order chi connectivity index (χ1) is 10.8. The van der Waals surface area contributed by atoms with Crippen LogP contribution in [-0.2, 0) is 14.8 Å². The molecule has 2 rings (SSSR count). The van der Waals surface area contributed by atoms with E-state index in [4.69, 9.17) is 11.6 Å². The van der Waals surface area contributed by atoms with Crippen LogP contribution in [0, 0.1) is 0 Å². The molecule has 0 spiro atoms. The first-order valence-electron chi connectivity index (χ1n) is 7.51. The van der Waals surface area contributed by atoms with Crippen molar-refractivity contribution < 1.29 is 13.2 Å². The Balaban J connectivity index is 0.00000288. The quantitative estimate of drug-likeness (QED) is 0.821. The molecule has 9 heteroatoms. The Kier molecular flexibility index (Phi) is 7.95. The number of hydrogen-bond acceptors (Lipinski definition) is 4. The highest BCUT2D eigenvalue weighted by Gasteiger charge is 2.27. The van der Waals surface area contributed by atoms with Gasteiger partial charge in [-0.1, -0.05) is 11.6 Å². The van der Waals surface area contributed by atoms with Crippen LogP contribution in [0.3, 0.4) is 0 Å². The van der Waals surface area contributed by atoms with E-state index in [1.165, 1.54) is 31.3 Å². The van der Waals surface area contributed by atoms with E-state index in [-0.39, 0.29) is 35.8 Å². The fourth-order valence-corrected chi connectivity index (χ4v) is 3.85. The molecular weight excluding hydrogens is 373 g/mol. The molecule has 1 aromatic rings. The lowest BCUT2D eigenvalue weighted by Gasteiger charge is -2.33. The normalized spacial score (nSPS) is 18.3. The van der Waals surface area contributed by atoms with Crippen LogP contribution in [-0.4, -0.2) is 63.3 Å². The van der Waals surface area contributed by atoms with Gasteiger partial charge in [0, 0.05) is 31.2 Å². The molecule has 0 aromatic heterocycles. The molecule has 1 aliphatic heterocycles. The zero-order chi connectivity index (χ0) is 17.0. The minimum absolute atomic E-state index is 0. The number of piperidine rings is 1. The number of nitrogens with one attached hydrogen (secondary N) is 1. The number of carbonyl (C=O) groups excluding carboxylic acids is 1. The first kappa shape index (κ1) is 21.2. The SMILES string of the molecule is CNC1CCCN(C(=O)CN(C)S(=O)(=O)c2ccc(Cl)cc2)C1.Cl. The second-order valence-corrected chi connectivity index (χ2v) is 8.16. The monoisotopic (exact) mass is 395 g/mol. The molecule has 1 saturated heterocycles. The smallest absolute Gasteiger partial charge is 0.243 e. The van der Waals surface area contributed by atoms with Gasteiger partial charge in [0.05, 0.1) is 11.4 Å². The van der Waals surface area contributed by atoms with Crippen LogP contribution in [0.1, 0.15) is 12.8 Å². The summed E-state index contributed by atoms with van der Waals surface area (Å²) in [7, 11) is -0.408. The van der Waals surface area contributed by atoms with E-state index in [0.717, 1.165) is 17.1 Å². The predicted molar refractivity (Wildman–Crippen MR) is 97.2 cm³/mol. The molecule has 6 nitrogen and oxygen atoms in total. The van der Waals surface area contributed by atoms with Gasteiger partial charge >= 0.3 is 0 Å². The first-order valence-corrected chi connectivity index (χ1v) is 9.33. The van der Waals surface area contributed by atoms with Crippen LogP contribution in [0.2, 0.25) is 5.02 Å². The number of amides is 1. The molecule has 0 saturated carbocycles. The van der Waals surface area contributed by atoms with E-state index in [1.54, 1.807) is 4.90 Å². The lowest BCUT2D eigenvalue weighted by Crippen LogP contribution is -2.50. The topological polar surface area (TPSA) is 69.7 Å². The number of benzene rings is 1. The fourth-order valence-electron chi connectivity index (χ4n) is 2.60. The fraction of sp³-hybridized carbons (Fsp3) is 0.533. The van der Waals surface area contributed by atoms with E-state index >= 15 is 0 Å². The van der Waals surface area contributed by atoms with Gasteiger partial charge in [-0.15, -0.1) is 12.4 Å². The molecule has 1 aromatic carbocycles. The number of hydrogen-bond donors (Lipinski definition) is 1. The second-order valence-electron chi connectivity index (χ2n) is 5.68. The number of sulfonamides is 1. The van der Waals surface area contributed by atoms with Crippen molar-refractivity contribution in [1.82, 2.24) is 14.5 Å². The van der Waals surface area contributed by atoms with Gasteiger partial charge in [-0.05, 0) is 44.2 Å². The van der Waals surface area contributed by atoms with Crippen molar-refractivity contribution in [2.24, 2.45) is 0 Å². The van der Waals surface area contributed by atoms with Gasteiger partial charge in [0.15, 0.2) is 0 Å². The molecule has 1 amide bonds. The van der Waals surface area contributed by atoms with Gasteiger partial charge in [0.25, 0.3) is 0 Å². The van der Waals surface area contributed by atoms with Gasteiger partial charge < -0.3 is 10.2 Å². The summed E-state index contributed by atoms with van der Waals surface area (Å²) in [6.07, 6.45) is 1.95. The lowest BCUT2D eigenvalue weighted by molar-refractivity contribution is -0.132. The summed E-state index contributed by atoms with van der Waals surface area (Å²) in [4.78, 5) is 14.2. The number of nitrogens with zero attached hydrogens (tertiary/aromatic N) is 2. The summed E-state index contributed by atoms with van der Waals surface area (Å²) in [5.74, 6) is -0.176. The molecule has 1 fully saturated rings. The molecule has 24 heavy (non-hydrogen) atoms. The Morgan fingerprint density at radius 2 is 2.00 bits per heavy atom. The van der Waals surface area contributed by atoms with Crippen LogP contribution in [0.25, 0.3) is 0 Å². The number of rotatable bonds is 5. The minimum atomic E-state index is -3.70. The van der Waals surface area contributed by atoms with E-state index in [1.807, 2.05) is 7.05 Å². The average Bonchev–Trinajstić information content (AvgIpc) is 2.55. The van der Waals surface area contributed by atoms with Crippen LogP contribution in [0.4, 0.5) is 0 Å². The Bertz CT molecular complexity index is 652. The van der Waals surface area contributed by atoms with Crippen LogP contribution < -0.4 is 5.32 Å². The van der Waals surface area contributed by atoms with Crippen molar-refractivity contribution in [3.05, 3.63) is 29.3 Å². The van der Waals surface area contributed by atoms with Crippen molar-refractivity contribution in [3.63, 3.8) is 0 Å². The highest BCUT2D eigenvalue weighted by Crippen LogP contribution is 2.18. The van der Waals surface area contributed by atoms with E-state index in [2.05, 4.69) is 5.32 Å². The summed E-state index contributed by atoms with van der Waals surface area (Å²) >= 11 is 5.78. The molecule has 0 radical (unpaired) electrons. The maximum atomic E-state index is 12.5. The highest BCUT2D eigenvalue weighted by molar-refractivity contribution is 7.89. The van der Waals surface area contributed by atoms with Gasteiger partial charge in [-0.2, -0.15) is 4.31 Å². The number of likely N-dealkylation sites (N-methyl/N-ethyl adjacent to an activating group) is 2. The van der Waals surface area contributed by atoms with Gasteiger partial charge in [-0.25, -0.2) is 8.42 Å². The van der Waals surface area contributed by atoms with Gasteiger partial charge in [0.1, 0.15) is 0 Å². The molecular formula is C15H23Cl2N3O3S. The molecule has 0 bridgehead atoms. The maximum Gasteiger partial charge on any atom is 0.243 e. The molecule has 1 heterocycles. The Morgan fingerprint density at radius 3 is 2.58 bits per heavy atom. The highest BCUT2D eigenvalue weighted by atomic mass is 35.5. The van der Waals surface area contributed by atoms with Crippen molar-refractivity contribution in [2.45, 2.75) is 23.8 Å². The molecule has 1 aliphatic rings. The van der Waals surface area contributed by atoms with Gasteiger partial charge in [-0.3, -0.25) is 4.79 Å². The third-order valence-corrected chi connectivity index (χ3v) is 6.13. The molecule has 136 valence electrons. The summed E-state index contributed by atoms with van der Waals surface area (Å²) in [5, 5.41) is 3.63. The maximum absolute atomic E-state index is 12.5. The third kappa shape index (κ3) is 5.07. The van der Waals surface area contributed by atoms with E-state index in [9.17, 15) is 13.2 Å². The second kappa shape index (κ2) is 9.01. The molecule has 1 N–H and O–H groups in total. The summed E-state index contributed by atoms with van der Waals surface area (Å²) in [6.45, 7) is 1.12. The zero-order valence-corrected chi connectivity index (χ0v) is 16.1. The minimum Gasteiger partial charge on any atom is -0.340 e. The van der Waals surface area contributed by atoms with Crippen molar-refractivity contribution in [1.29, 1.82) is 0 Å². The number of likely N-dealkylation sites (tertiary alicyclic amines) is 1. The van der Waals surface area contributed by atoms with Crippen molar-refractivity contribution in [2.75, 3.05) is 33.7 Å². The van der Waals surface area contributed by atoms with Crippen LogP contribution in [0.15, 0.2) is 29.2 Å².